The van der Waals surface area contributed by atoms with Gasteiger partial charge in [0.15, 0.2) is 5.22 Å². The molecule has 0 atom stereocenters. The largest absolute Gasteiger partial charge is 0.429 e. The van der Waals surface area contributed by atoms with Crippen LogP contribution in [0, 0.1) is 6.07 Å². The van der Waals surface area contributed by atoms with Gasteiger partial charge in [-0.2, -0.15) is 5.21 Å². The van der Waals surface area contributed by atoms with Crippen molar-refractivity contribution in [3.05, 3.63) is 28.1 Å². The first-order valence-corrected chi connectivity index (χ1v) is 2.56. The fourth-order valence-electron chi connectivity index (χ4n) is 0.424. The maximum Gasteiger partial charge on any atom is 0.427 e. The third-order valence-corrected chi connectivity index (χ3v) is 0.937. The van der Waals surface area contributed by atoms with E-state index < -0.39 is 0 Å². The Morgan fingerprint density at radius 1 is 1.67 bits per heavy atom. The molecule has 0 aromatic carbocycles. The van der Waals surface area contributed by atoms with Crippen LogP contribution in [0.15, 0.2) is 16.5 Å². The Morgan fingerprint density at radius 3 is 2.89 bits per heavy atom. The van der Waals surface area contributed by atoms with Crippen LogP contribution in [0.25, 0.3) is 5.01 Å². The Balaban J connectivity index is 2.93. The minimum Gasteiger partial charge on any atom is -0.429 e. The van der Waals surface area contributed by atoms with Gasteiger partial charge in [-0.15, -0.1) is 0 Å². The molecule has 0 radical (unpaired) electrons. The van der Waals surface area contributed by atoms with E-state index in [0.717, 1.165) is 0 Å². The van der Waals surface area contributed by atoms with E-state index in [4.69, 9.17) is 21.2 Å². The molecule has 9 heavy (non-hydrogen) atoms. The van der Waals surface area contributed by atoms with Crippen LogP contribution < -0.4 is 0 Å². The first-order chi connectivity index (χ1) is 4.33. The molecule has 1 aromatic heterocycles. The highest BCUT2D eigenvalue weighted by molar-refractivity contribution is 6.28. The van der Waals surface area contributed by atoms with E-state index in [-0.39, 0.29) is 5.22 Å². The molecule has 1 aromatic rings. The average Bonchev–Trinajstić information content (AvgIpc) is 2.17. The van der Waals surface area contributed by atoms with Crippen LogP contribution in [0.3, 0.4) is 0 Å². The number of nitrogens with zero attached hydrogens (tertiary/aromatic N) is 1. The highest BCUT2D eigenvalue weighted by atomic mass is 35.5. The summed E-state index contributed by atoms with van der Waals surface area (Å²) < 4.78 is 4.72. The van der Waals surface area contributed by atoms with Crippen LogP contribution in [0.2, 0.25) is 5.22 Å². The highest BCUT2D eigenvalue weighted by Crippen LogP contribution is 2.11. The van der Waals surface area contributed by atoms with Crippen molar-refractivity contribution in [2.45, 2.75) is 0 Å². The molecular formula is C5H3ClNO2+. The topological polar surface area (TPSA) is 37.7 Å². The zero-order valence-electron chi connectivity index (χ0n) is 4.34. The van der Waals surface area contributed by atoms with Crippen molar-refractivity contribution in [1.29, 1.82) is 0 Å². The molecule has 0 aliphatic heterocycles. The van der Waals surface area contributed by atoms with Gasteiger partial charge in [-0.05, 0) is 17.7 Å². The number of hydrogen-bond acceptors (Lipinski definition) is 2. The molecule has 4 heteroatoms. The molecule has 3 nitrogen and oxygen atoms in total. The van der Waals surface area contributed by atoms with Gasteiger partial charge < -0.3 is 4.42 Å². The van der Waals surface area contributed by atoms with E-state index >= 15 is 0 Å². The summed E-state index contributed by atoms with van der Waals surface area (Å²) in [5, 5.41) is 10.8. The van der Waals surface area contributed by atoms with Crippen molar-refractivity contribution in [3.8, 4) is 6.07 Å². The lowest BCUT2D eigenvalue weighted by Gasteiger charge is -1.68. The Bertz CT molecular complexity index is 257. The summed E-state index contributed by atoms with van der Waals surface area (Å²) in [6.45, 7) is 0. The van der Waals surface area contributed by atoms with E-state index in [2.05, 4.69) is 11.1 Å². The highest BCUT2D eigenvalue weighted by Gasteiger charge is 2.00. The quantitative estimate of drug-likeness (QED) is 0.566. The van der Waals surface area contributed by atoms with Crippen LogP contribution in [-0.4, -0.2) is 5.21 Å². The molecule has 1 heterocycles. The normalized spacial score (nSPS) is 8.11. The Hall–Kier alpha value is -1.14. The number of hydrogen-bond donors (Lipinski definition) is 1. The van der Waals surface area contributed by atoms with Crippen LogP contribution >= 0.6 is 11.6 Å². The van der Waals surface area contributed by atoms with Gasteiger partial charge in [0, 0.05) is 6.07 Å². The minimum absolute atomic E-state index is 0.251. The van der Waals surface area contributed by atoms with Crippen LogP contribution in [0.1, 0.15) is 5.76 Å². The predicted molar refractivity (Wildman–Crippen MR) is 31.9 cm³/mol. The van der Waals surface area contributed by atoms with Crippen LogP contribution in [-0.2, 0) is 0 Å². The first kappa shape index (κ1) is 5.99. The zero-order chi connectivity index (χ0) is 6.69. The lowest BCUT2D eigenvalue weighted by molar-refractivity contribution is 0.462. The second kappa shape index (κ2) is 2.42. The van der Waals surface area contributed by atoms with Crippen molar-refractivity contribution in [2.24, 2.45) is 0 Å². The van der Waals surface area contributed by atoms with Gasteiger partial charge in [-0.25, -0.2) is 0 Å². The summed E-state index contributed by atoms with van der Waals surface area (Å²) >= 11 is 5.37. The molecule has 0 aliphatic rings. The van der Waals surface area contributed by atoms with Crippen molar-refractivity contribution in [1.82, 2.24) is 0 Å². The van der Waals surface area contributed by atoms with Crippen molar-refractivity contribution >= 4 is 11.6 Å². The molecule has 0 aliphatic carbocycles. The first-order valence-electron chi connectivity index (χ1n) is 2.18. The monoisotopic (exact) mass is 144 g/mol. The molecule has 0 fully saturated rings. The maximum atomic E-state index is 7.94. The Kier molecular flexibility index (Phi) is 1.61. The molecule has 0 saturated heterocycles. The van der Waals surface area contributed by atoms with Gasteiger partial charge >= 0.3 is 6.07 Å². The third kappa shape index (κ3) is 1.37. The van der Waals surface area contributed by atoms with E-state index in [9.17, 15) is 0 Å². The van der Waals surface area contributed by atoms with Gasteiger partial charge in [0.25, 0.3) is 5.76 Å². The molecule has 0 amide bonds. The minimum atomic E-state index is 0.251. The van der Waals surface area contributed by atoms with Crippen LogP contribution in [0.4, 0.5) is 0 Å². The number of rotatable bonds is 0. The Morgan fingerprint density at radius 2 is 2.44 bits per heavy atom. The summed E-state index contributed by atoms with van der Waals surface area (Å²) in [7, 11) is 0. The average molecular weight is 145 g/mol. The van der Waals surface area contributed by atoms with E-state index in [1.807, 2.05) is 0 Å². The van der Waals surface area contributed by atoms with Crippen LogP contribution in [0.5, 0.6) is 0 Å². The zero-order valence-corrected chi connectivity index (χ0v) is 5.09. The van der Waals surface area contributed by atoms with Gasteiger partial charge in [0.2, 0.25) is 5.01 Å². The van der Waals surface area contributed by atoms with Crippen molar-refractivity contribution < 1.29 is 9.62 Å². The third-order valence-electron chi connectivity index (χ3n) is 0.733. The molecule has 46 valence electrons. The lowest BCUT2D eigenvalue weighted by atomic mass is 10.5. The summed E-state index contributed by atoms with van der Waals surface area (Å²) in [5.41, 5.74) is 0. The SMILES string of the molecule is O[N+]#Cc1ccc(Cl)o1. The summed E-state index contributed by atoms with van der Waals surface area (Å²) in [6.07, 6.45) is 0. The molecule has 1 rings (SSSR count). The number of furan rings is 1. The fraction of sp³-hybridized carbons (Fsp3) is 0. The van der Waals surface area contributed by atoms with E-state index in [0.29, 0.717) is 5.76 Å². The summed E-state index contributed by atoms with van der Waals surface area (Å²) in [6, 6.07) is 5.24. The molecular weight excluding hydrogens is 142 g/mol. The summed E-state index contributed by atoms with van der Waals surface area (Å²) in [5.74, 6) is 0.308. The van der Waals surface area contributed by atoms with E-state index in [1.54, 1.807) is 6.07 Å². The van der Waals surface area contributed by atoms with Gasteiger partial charge in [0.05, 0.1) is 0 Å². The second-order valence-corrected chi connectivity index (χ2v) is 1.69. The number of halogens is 1. The summed E-state index contributed by atoms with van der Waals surface area (Å²) in [4.78, 5) is 0. The predicted octanol–water partition coefficient (Wildman–Crippen LogP) is 2.00. The second-order valence-electron chi connectivity index (χ2n) is 1.32. The maximum absolute atomic E-state index is 7.94. The van der Waals surface area contributed by atoms with Gasteiger partial charge in [-0.3, -0.25) is 0 Å². The Labute approximate surface area is 56.2 Å². The van der Waals surface area contributed by atoms with Gasteiger partial charge in [-0.1, -0.05) is 0 Å². The molecule has 0 unspecified atom stereocenters. The van der Waals surface area contributed by atoms with Crippen molar-refractivity contribution in [2.75, 3.05) is 0 Å². The van der Waals surface area contributed by atoms with Crippen molar-refractivity contribution in [3.63, 3.8) is 0 Å². The lowest BCUT2D eigenvalue weighted by Crippen LogP contribution is -1.57. The smallest absolute Gasteiger partial charge is 0.427 e. The molecule has 0 bridgehead atoms. The fourth-order valence-corrected chi connectivity index (χ4v) is 0.570. The molecule has 0 saturated carbocycles. The molecule has 0 spiro atoms. The molecule has 1 N–H and O–H groups in total. The standard InChI is InChI=1S/C5H2ClNO2/c6-5-2-1-4(9-5)3-7-8/h1-2H/p+1. The van der Waals surface area contributed by atoms with E-state index in [1.165, 1.54) is 6.07 Å². The van der Waals surface area contributed by atoms with Gasteiger partial charge in [0.1, 0.15) is 0 Å².